The molecule has 0 saturated heterocycles. The maximum absolute atomic E-state index is 11.5. The molecule has 0 heterocycles. The first-order valence-electron chi connectivity index (χ1n) is 12.5. The molecule has 4 rings (SSSR count). The van der Waals surface area contributed by atoms with Crippen molar-refractivity contribution in [3.8, 4) is 0 Å². The minimum absolute atomic E-state index is 0.0239. The van der Waals surface area contributed by atoms with Gasteiger partial charge in [-0.1, -0.05) is 70.9 Å². The lowest BCUT2D eigenvalue weighted by atomic mass is 9.52. The van der Waals surface area contributed by atoms with E-state index in [0.717, 1.165) is 32.1 Å². The number of hydrogen-bond donors (Lipinski definition) is 2. The van der Waals surface area contributed by atoms with Gasteiger partial charge in [0.25, 0.3) is 0 Å². The summed E-state index contributed by atoms with van der Waals surface area (Å²) in [6.07, 6.45) is 13.9. The number of hydrogen-bond acceptors (Lipinski definition) is 2. The fourth-order valence-corrected chi connectivity index (χ4v) is 7.64. The highest BCUT2D eigenvalue weighted by molar-refractivity contribution is 5.45. The van der Waals surface area contributed by atoms with Crippen LogP contribution in [0.3, 0.4) is 0 Å². The largest absolute Gasteiger partial charge is 0.393 e. The summed E-state index contributed by atoms with van der Waals surface area (Å²) in [5, 5.41) is 21.7. The molecule has 0 aromatic rings. The summed E-state index contributed by atoms with van der Waals surface area (Å²) in [7, 11) is 0. The van der Waals surface area contributed by atoms with E-state index in [9.17, 15) is 10.2 Å². The second-order valence-electron chi connectivity index (χ2n) is 11.9. The highest BCUT2D eigenvalue weighted by atomic mass is 16.3. The Morgan fingerprint density at radius 1 is 1.03 bits per heavy atom. The summed E-state index contributed by atoms with van der Waals surface area (Å²) in [4.78, 5) is 0. The molecule has 2 fully saturated rings. The predicted molar refractivity (Wildman–Crippen MR) is 125 cm³/mol. The predicted octanol–water partition coefficient (Wildman–Crippen LogP) is 6.45. The third-order valence-corrected chi connectivity index (χ3v) is 9.85. The van der Waals surface area contributed by atoms with Crippen LogP contribution in [-0.2, 0) is 0 Å². The molecule has 0 spiro atoms. The molecule has 2 nitrogen and oxygen atoms in total. The summed E-state index contributed by atoms with van der Waals surface area (Å²) in [6, 6.07) is 0. The van der Waals surface area contributed by atoms with E-state index >= 15 is 0 Å². The second-order valence-corrected chi connectivity index (χ2v) is 11.9. The van der Waals surface area contributed by atoms with Crippen molar-refractivity contribution in [3.63, 3.8) is 0 Å². The molecule has 2 N–H and O–H groups in total. The monoisotopic (exact) mass is 412 g/mol. The molecular formula is C28H44O2. The highest BCUT2D eigenvalue weighted by Gasteiger charge is 2.56. The van der Waals surface area contributed by atoms with Crippen molar-refractivity contribution >= 4 is 0 Å². The van der Waals surface area contributed by atoms with Crippen molar-refractivity contribution in [2.45, 2.75) is 98.7 Å². The molecule has 0 radical (unpaired) electrons. The van der Waals surface area contributed by atoms with E-state index < -0.39 is 0 Å². The zero-order valence-corrected chi connectivity index (χ0v) is 20.1. The maximum Gasteiger partial charge on any atom is 0.0766 e. The second kappa shape index (κ2) is 7.93. The van der Waals surface area contributed by atoms with Gasteiger partial charge >= 0.3 is 0 Å². The normalized spacial score (nSPS) is 43.3. The maximum atomic E-state index is 11.5. The van der Waals surface area contributed by atoms with E-state index in [1.165, 1.54) is 24.0 Å². The zero-order valence-electron chi connectivity index (χ0n) is 20.1. The van der Waals surface area contributed by atoms with Gasteiger partial charge in [-0.3, -0.25) is 0 Å². The van der Waals surface area contributed by atoms with Gasteiger partial charge in [0.15, 0.2) is 0 Å². The van der Waals surface area contributed by atoms with Crippen LogP contribution in [0.2, 0.25) is 0 Å². The SMILES string of the molecule is CC(C)[C@@H](C)/C=C/[C@@H](C)[C@@H]1CC[C@@H]2C3=C([C@H](O)C[C@@]21C)[C@]1(C)CC[C@H](O)CC1=CC3. The first-order valence-corrected chi connectivity index (χ1v) is 12.5. The number of aliphatic hydroxyl groups is 2. The Bertz CT molecular complexity index is 759. The van der Waals surface area contributed by atoms with Gasteiger partial charge in [-0.15, -0.1) is 0 Å². The Hall–Kier alpha value is -0.860. The van der Waals surface area contributed by atoms with E-state index in [0.29, 0.717) is 29.6 Å². The van der Waals surface area contributed by atoms with Crippen LogP contribution >= 0.6 is 0 Å². The summed E-state index contributed by atoms with van der Waals surface area (Å²) in [6.45, 7) is 14.1. The van der Waals surface area contributed by atoms with Crippen LogP contribution in [0.1, 0.15) is 86.5 Å². The fraction of sp³-hybridized carbons (Fsp3) is 0.786. The lowest BCUT2D eigenvalue weighted by Gasteiger charge is -2.53. The Labute approximate surface area is 184 Å². The molecule has 0 amide bonds. The molecule has 2 heteroatoms. The van der Waals surface area contributed by atoms with Crippen LogP contribution in [-0.4, -0.2) is 22.4 Å². The van der Waals surface area contributed by atoms with Gasteiger partial charge in [0.1, 0.15) is 0 Å². The first-order chi connectivity index (χ1) is 14.1. The molecular weight excluding hydrogens is 368 g/mol. The van der Waals surface area contributed by atoms with E-state index in [-0.39, 0.29) is 23.0 Å². The minimum Gasteiger partial charge on any atom is -0.393 e. The third-order valence-electron chi connectivity index (χ3n) is 9.85. The molecule has 0 bridgehead atoms. The van der Waals surface area contributed by atoms with Crippen LogP contribution in [0.25, 0.3) is 0 Å². The zero-order chi connectivity index (χ0) is 21.8. The number of allylic oxidation sites excluding steroid dienone is 4. The van der Waals surface area contributed by atoms with Crippen LogP contribution in [0.5, 0.6) is 0 Å². The molecule has 4 aliphatic rings. The quantitative estimate of drug-likeness (QED) is 0.521. The summed E-state index contributed by atoms with van der Waals surface area (Å²) < 4.78 is 0. The minimum atomic E-state index is -0.323. The van der Waals surface area contributed by atoms with Crippen LogP contribution in [0, 0.1) is 40.4 Å². The Morgan fingerprint density at radius 2 is 1.77 bits per heavy atom. The van der Waals surface area contributed by atoms with Crippen LogP contribution in [0.4, 0.5) is 0 Å². The topological polar surface area (TPSA) is 40.5 Å². The van der Waals surface area contributed by atoms with Gasteiger partial charge in [0.05, 0.1) is 12.2 Å². The molecule has 168 valence electrons. The standard InChI is InChI=1S/C28H44O2/c1-17(2)18(3)7-8-19(4)23-11-12-24-22-10-9-20-15-21(29)13-14-27(20,5)26(22)25(30)16-28(23,24)6/h7-9,17-19,21,23-25,29-30H,10-16H2,1-6H3/b8-7+/t18-,19+,21-,23-,24+,25+,27+,28+/m0/s1. The number of fused-ring (bicyclic) bond motifs is 4. The Kier molecular flexibility index (Phi) is 5.90. The van der Waals surface area contributed by atoms with Crippen molar-refractivity contribution in [1.29, 1.82) is 0 Å². The van der Waals surface area contributed by atoms with Gasteiger partial charge in [0, 0.05) is 5.41 Å². The Morgan fingerprint density at radius 3 is 2.47 bits per heavy atom. The van der Waals surface area contributed by atoms with Crippen molar-refractivity contribution in [2.24, 2.45) is 40.4 Å². The van der Waals surface area contributed by atoms with Gasteiger partial charge in [-0.25, -0.2) is 0 Å². The van der Waals surface area contributed by atoms with E-state index in [4.69, 9.17) is 0 Å². The van der Waals surface area contributed by atoms with E-state index in [1.54, 1.807) is 5.57 Å². The lowest BCUT2D eigenvalue weighted by molar-refractivity contribution is 0.0304. The molecule has 8 atom stereocenters. The van der Waals surface area contributed by atoms with E-state index in [2.05, 4.69) is 59.8 Å². The smallest absolute Gasteiger partial charge is 0.0766 e. The van der Waals surface area contributed by atoms with Gasteiger partial charge in [0.2, 0.25) is 0 Å². The van der Waals surface area contributed by atoms with Gasteiger partial charge < -0.3 is 10.2 Å². The van der Waals surface area contributed by atoms with Gasteiger partial charge in [-0.2, -0.15) is 0 Å². The van der Waals surface area contributed by atoms with Crippen molar-refractivity contribution < 1.29 is 10.2 Å². The average Bonchev–Trinajstić information content (AvgIpc) is 3.02. The van der Waals surface area contributed by atoms with Crippen molar-refractivity contribution in [3.05, 3.63) is 34.9 Å². The van der Waals surface area contributed by atoms with Crippen molar-refractivity contribution in [1.82, 2.24) is 0 Å². The molecule has 0 unspecified atom stereocenters. The summed E-state index contributed by atoms with van der Waals surface area (Å²) in [5.41, 5.74) is 4.47. The van der Waals surface area contributed by atoms with Crippen LogP contribution in [0.15, 0.2) is 34.9 Å². The van der Waals surface area contributed by atoms with Crippen LogP contribution < -0.4 is 0 Å². The highest BCUT2D eigenvalue weighted by Crippen LogP contribution is 2.64. The van der Waals surface area contributed by atoms with E-state index in [1.807, 2.05) is 0 Å². The lowest BCUT2D eigenvalue weighted by Crippen LogP contribution is -2.47. The molecule has 30 heavy (non-hydrogen) atoms. The first kappa shape index (κ1) is 22.3. The molecule has 2 saturated carbocycles. The van der Waals surface area contributed by atoms with Gasteiger partial charge in [-0.05, 0) is 85.5 Å². The molecule has 0 aliphatic heterocycles. The number of aliphatic hydroxyl groups excluding tert-OH is 2. The molecule has 4 aliphatic carbocycles. The molecule has 0 aromatic carbocycles. The van der Waals surface area contributed by atoms with Crippen molar-refractivity contribution in [2.75, 3.05) is 0 Å². The fourth-order valence-electron chi connectivity index (χ4n) is 7.64. The third kappa shape index (κ3) is 3.47. The number of rotatable bonds is 4. The Balaban J connectivity index is 1.62. The summed E-state index contributed by atoms with van der Waals surface area (Å²) in [5.74, 6) is 3.12. The molecule has 0 aromatic heterocycles. The summed E-state index contributed by atoms with van der Waals surface area (Å²) >= 11 is 0. The average molecular weight is 413 g/mol.